The van der Waals surface area contributed by atoms with Crippen molar-refractivity contribution in [3.63, 3.8) is 0 Å². The minimum Gasteiger partial charge on any atom is -0.495 e. The minimum absolute atomic E-state index is 0.809. The Morgan fingerprint density at radius 3 is 2.74 bits per heavy atom. The number of halogens is 2. The molecule has 0 aliphatic rings. The molecule has 0 aliphatic carbocycles. The largest absolute Gasteiger partial charge is 0.495 e. The summed E-state index contributed by atoms with van der Waals surface area (Å²) in [4.78, 5) is 4.30. The molecule has 0 unspecified atom stereocenters. The van der Waals surface area contributed by atoms with E-state index in [1.807, 2.05) is 36.5 Å². The van der Waals surface area contributed by atoms with Crippen LogP contribution in [-0.4, -0.2) is 18.6 Å². The van der Waals surface area contributed by atoms with E-state index in [-0.39, 0.29) is 0 Å². The Morgan fingerprint density at radius 2 is 2.05 bits per heavy atom. The lowest BCUT2D eigenvalue weighted by molar-refractivity contribution is 0.412. The summed E-state index contributed by atoms with van der Waals surface area (Å²) in [6.45, 7) is 0.820. The lowest BCUT2D eigenvalue weighted by atomic mass is 10.2. The molecule has 0 atom stereocenters. The van der Waals surface area contributed by atoms with Gasteiger partial charge in [0.2, 0.25) is 0 Å². The van der Waals surface area contributed by atoms with Crippen molar-refractivity contribution < 1.29 is 4.74 Å². The smallest absolute Gasteiger partial charge is 0.135 e. The number of hydrogen-bond donors (Lipinski definition) is 1. The van der Waals surface area contributed by atoms with Crippen LogP contribution in [0.2, 0.25) is 0 Å². The van der Waals surface area contributed by atoms with E-state index in [2.05, 4.69) is 42.2 Å². The lowest BCUT2D eigenvalue weighted by Gasteiger charge is -2.11. The molecule has 19 heavy (non-hydrogen) atoms. The average Bonchev–Trinajstić information content (AvgIpc) is 2.42. The summed E-state index contributed by atoms with van der Waals surface area (Å²) in [5, 5.41) is 3.38. The highest BCUT2D eigenvalue weighted by Crippen LogP contribution is 2.34. The number of methoxy groups -OCH3 is 1. The first-order valence-electron chi connectivity index (χ1n) is 5.87. The molecule has 1 N–H and O–H groups in total. The summed E-state index contributed by atoms with van der Waals surface area (Å²) in [6, 6.07) is 9.89. The zero-order valence-electron chi connectivity index (χ0n) is 10.5. The van der Waals surface area contributed by atoms with Crippen LogP contribution in [-0.2, 0) is 6.42 Å². The summed E-state index contributed by atoms with van der Waals surface area (Å²) in [6.07, 6.45) is 2.69. The van der Waals surface area contributed by atoms with Gasteiger partial charge < -0.3 is 10.1 Å². The van der Waals surface area contributed by atoms with Crippen molar-refractivity contribution in [1.82, 2.24) is 4.98 Å². The number of nitrogens with zero attached hydrogens (tertiary/aromatic N) is 1. The van der Waals surface area contributed by atoms with Crippen molar-refractivity contribution in [3.8, 4) is 5.75 Å². The van der Waals surface area contributed by atoms with Crippen LogP contribution in [0.3, 0.4) is 0 Å². The number of nitrogens with one attached hydrogen (secondary N) is 1. The van der Waals surface area contributed by atoms with Gasteiger partial charge in [0.1, 0.15) is 5.75 Å². The summed E-state index contributed by atoms with van der Waals surface area (Å²) in [7, 11) is 1.66. The van der Waals surface area contributed by atoms with Gasteiger partial charge in [-0.05, 0) is 50.1 Å². The third-order valence-electron chi connectivity index (χ3n) is 2.66. The molecule has 0 saturated heterocycles. The molecule has 0 radical (unpaired) electrons. The van der Waals surface area contributed by atoms with Crippen molar-refractivity contribution in [1.29, 1.82) is 0 Å². The number of rotatable bonds is 5. The van der Waals surface area contributed by atoms with Crippen LogP contribution >= 0.6 is 31.9 Å². The predicted molar refractivity (Wildman–Crippen MR) is 84.8 cm³/mol. The second kappa shape index (κ2) is 6.91. The van der Waals surface area contributed by atoms with E-state index in [4.69, 9.17) is 4.74 Å². The normalized spacial score (nSPS) is 10.3. The van der Waals surface area contributed by atoms with Gasteiger partial charge in [0, 0.05) is 35.4 Å². The zero-order valence-corrected chi connectivity index (χ0v) is 13.7. The molecule has 2 aromatic rings. The van der Waals surface area contributed by atoms with E-state index in [9.17, 15) is 0 Å². The maximum Gasteiger partial charge on any atom is 0.135 e. The summed E-state index contributed by atoms with van der Waals surface area (Å²) in [5.41, 5.74) is 2.09. The molecule has 0 saturated carbocycles. The van der Waals surface area contributed by atoms with Crippen LogP contribution in [0.15, 0.2) is 45.5 Å². The van der Waals surface area contributed by atoms with Gasteiger partial charge in [-0.1, -0.05) is 6.07 Å². The fourth-order valence-electron chi connectivity index (χ4n) is 1.69. The molecule has 0 aliphatic heterocycles. The molecule has 0 fully saturated rings. The molecule has 1 aromatic carbocycles. The van der Waals surface area contributed by atoms with E-state index in [1.54, 1.807) is 7.11 Å². The Hall–Kier alpha value is -1.07. The predicted octanol–water partition coefficient (Wildman–Crippen LogP) is 4.27. The van der Waals surface area contributed by atoms with Crippen molar-refractivity contribution in [2.75, 3.05) is 19.0 Å². The van der Waals surface area contributed by atoms with E-state index in [1.165, 1.54) is 0 Å². The number of anilines is 1. The van der Waals surface area contributed by atoms with E-state index >= 15 is 0 Å². The second-order valence-electron chi connectivity index (χ2n) is 3.96. The average molecular weight is 386 g/mol. The Bertz CT molecular complexity index is 547. The number of hydrogen-bond acceptors (Lipinski definition) is 3. The van der Waals surface area contributed by atoms with Crippen LogP contribution in [0.25, 0.3) is 0 Å². The molecule has 3 nitrogen and oxygen atoms in total. The summed E-state index contributed by atoms with van der Waals surface area (Å²) in [5.74, 6) is 0.809. The highest BCUT2D eigenvalue weighted by atomic mass is 79.9. The van der Waals surface area contributed by atoms with E-state index in [0.29, 0.717) is 0 Å². The third-order valence-corrected chi connectivity index (χ3v) is 3.94. The molecular formula is C14H14Br2N2O. The number of aromatic nitrogens is 1. The first-order chi connectivity index (χ1) is 9.20. The van der Waals surface area contributed by atoms with Crippen molar-refractivity contribution in [2.24, 2.45) is 0 Å². The van der Waals surface area contributed by atoms with Gasteiger partial charge in [-0.2, -0.15) is 0 Å². The summed E-state index contributed by atoms with van der Waals surface area (Å²) >= 11 is 6.99. The second-order valence-corrected chi connectivity index (χ2v) is 5.67. The van der Waals surface area contributed by atoms with E-state index < -0.39 is 0 Å². The van der Waals surface area contributed by atoms with Crippen LogP contribution in [0.1, 0.15) is 5.69 Å². The molecule has 0 amide bonds. The minimum atomic E-state index is 0.809. The Balaban J connectivity index is 2.00. The van der Waals surface area contributed by atoms with Crippen LogP contribution in [0.5, 0.6) is 5.75 Å². The molecule has 2 rings (SSSR count). The fourth-order valence-corrected chi connectivity index (χ4v) is 2.99. The highest BCUT2D eigenvalue weighted by Gasteiger charge is 2.06. The topological polar surface area (TPSA) is 34.1 Å². The first kappa shape index (κ1) is 14.3. The quantitative estimate of drug-likeness (QED) is 0.834. The van der Waals surface area contributed by atoms with Gasteiger partial charge in [0.25, 0.3) is 0 Å². The van der Waals surface area contributed by atoms with Gasteiger partial charge in [-0.3, -0.25) is 4.98 Å². The molecular weight excluding hydrogens is 372 g/mol. The maximum atomic E-state index is 5.29. The van der Waals surface area contributed by atoms with Gasteiger partial charge in [0.05, 0.1) is 17.3 Å². The van der Waals surface area contributed by atoms with Crippen molar-refractivity contribution in [3.05, 3.63) is 51.2 Å². The number of benzene rings is 1. The third kappa shape index (κ3) is 3.94. The van der Waals surface area contributed by atoms with Gasteiger partial charge in [-0.25, -0.2) is 0 Å². The molecule has 1 aromatic heterocycles. The fraction of sp³-hybridized carbons (Fsp3) is 0.214. The van der Waals surface area contributed by atoms with Crippen LogP contribution in [0, 0.1) is 0 Å². The van der Waals surface area contributed by atoms with Gasteiger partial charge in [-0.15, -0.1) is 0 Å². The molecule has 0 spiro atoms. The lowest BCUT2D eigenvalue weighted by Crippen LogP contribution is -2.06. The number of pyridine rings is 1. The van der Waals surface area contributed by atoms with Crippen molar-refractivity contribution >= 4 is 37.5 Å². The van der Waals surface area contributed by atoms with Crippen LogP contribution in [0.4, 0.5) is 5.69 Å². The summed E-state index contributed by atoms with van der Waals surface area (Å²) < 4.78 is 7.21. The standard InChI is InChI=1S/C14H14Br2N2O/c1-19-14-9-13(11(15)8-12(14)16)18-7-5-10-4-2-3-6-17-10/h2-4,6,8-9,18H,5,7H2,1H3. The maximum absolute atomic E-state index is 5.29. The molecule has 5 heteroatoms. The first-order valence-corrected chi connectivity index (χ1v) is 7.46. The molecule has 100 valence electrons. The van der Waals surface area contributed by atoms with Crippen LogP contribution < -0.4 is 10.1 Å². The zero-order chi connectivity index (χ0) is 13.7. The Morgan fingerprint density at radius 1 is 1.21 bits per heavy atom. The van der Waals surface area contributed by atoms with Gasteiger partial charge >= 0.3 is 0 Å². The Labute approximate surface area is 129 Å². The Kier molecular flexibility index (Phi) is 5.22. The highest BCUT2D eigenvalue weighted by molar-refractivity contribution is 9.11. The van der Waals surface area contributed by atoms with Gasteiger partial charge in [0.15, 0.2) is 0 Å². The SMILES string of the molecule is COc1cc(NCCc2ccccn2)c(Br)cc1Br. The molecule has 1 heterocycles. The number of ether oxygens (including phenoxy) is 1. The monoisotopic (exact) mass is 384 g/mol. The molecule has 0 bridgehead atoms. The van der Waals surface area contributed by atoms with E-state index in [0.717, 1.165) is 39.0 Å². The van der Waals surface area contributed by atoms with Crippen molar-refractivity contribution in [2.45, 2.75) is 6.42 Å².